The van der Waals surface area contributed by atoms with E-state index in [1.54, 1.807) is 0 Å². The minimum atomic E-state index is 0.718. The van der Waals surface area contributed by atoms with Crippen LogP contribution in [0.4, 0.5) is 0 Å². The number of hydrogen-bond acceptors (Lipinski definition) is 3. The Bertz CT molecular complexity index is 267. The lowest BCUT2D eigenvalue weighted by Gasteiger charge is -2.41. The maximum atomic E-state index is 3.34. The van der Waals surface area contributed by atoms with Gasteiger partial charge in [-0.15, -0.1) is 0 Å². The predicted molar refractivity (Wildman–Crippen MR) is 87.2 cm³/mol. The molecule has 0 bridgehead atoms. The summed E-state index contributed by atoms with van der Waals surface area (Å²) >= 11 is 0. The van der Waals surface area contributed by atoms with Crippen LogP contribution in [0.2, 0.25) is 0 Å². The SMILES string of the molecule is CNCCC1CCCCN1C1CCCN(C(C)C)CC1. The van der Waals surface area contributed by atoms with E-state index in [-0.39, 0.29) is 0 Å². The lowest BCUT2D eigenvalue weighted by atomic mass is 9.94. The van der Waals surface area contributed by atoms with Gasteiger partial charge in [0.05, 0.1) is 0 Å². The topological polar surface area (TPSA) is 18.5 Å². The molecule has 2 atom stereocenters. The number of likely N-dealkylation sites (tertiary alicyclic amines) is 2. The maximum absolute atomic E-state index is 3.34. The lowest BCUT2D eigenvalue weighted by Crippen LogP contribution is -2.47. The molecule has 2 fully saturated rings. The summed E-state index contributed by atoms with van der Waals surface area (Å²) in [6, 6.07) is 2.41. The molecule has 0 radical (unpaired) electrons. The summed E-state index contributed by atoms with van der Waals surface area (Å²) in [6.45, 7) is 9.82. The fraction of sp³-hybridized carbons (Fsp3) is 1.00. The highest BCUT2D eigenvalue weighted by Gasteiger charge is 2.30. The van der Waals surface area contributed by atoms with Gasteiger partial charge in [-0.1, -0.05) is 6.42 Å². The standard InChI is InChI=1S/C17H35N3/c1-15(2)19-12-6-8-17(10-14-19)20-13-5-4-7-16(20)9-11-18-3/h15-18H,4-14H2,1-3H3. The number of nitrogens with one attached hydrogen (secondary N) is 1. The fourth-order valence-corrected chi connectivity index (χ4v) is 4.07. The molecule has 2 saturated heterocycles. The molecule has 1 N–H and O–H groups in total. The minimum Gasteiger partial charge on any atom is -0.320 e. The monoisotopic (exact) mass is 281 g/mol. The van der Waals surface area contributed by atoms with Crippen LogP contribution in [-0.4, -0.2) is 61.2 Å². The van der Waals surface area contributed by atoms with Crippen molar-refractivity contribution in [2.24, 2.45) is 0 Å². The summed E-state index contributed by atoms with van der Waals surface area (Å²) in [7, 11) is 2.08. The van der Waals surface area contributed by atoms with Crippen molar-refractivity contribution >= 4 is 0 Å². The van der Waals surface area contributed by atoms with Gasteiger partial charge >= 0.3 is 0 Å². The highest BCUT2D eigenvalue weighted by Crippen LogP contribution is 2.27. The molecule has 0 saturated carbocycles. The summed E-state index contributed by atoms with van der Waals surface area (Å²) in [5.41, 5.74) is 0. The molecule has 0 aromatic heterocycles. The van der Waals surface area contributed by atoms with Crippen molar-refractivity contribution in [2.45, 2.75) is 76.9 Å². The Kier molecular flexibility index (Phi) is 6.79. The van der Waals surface area contributed by atoms with Gasteiger partial charge in [-0.05, 0) is 85.6 Å². The summed E-state index contributed by atoms with van der Waals surface area (Å²) in [6.07, 6.45) is 9.80. The zero-order chi connectivity index (χ0) is 14.4. The zero-order valence-corrected chi connectivity index (χ0v) is 13.9. The molecule has 2 heterocycles. The van der Waals surface area contributed by atoms with Crippen molar-refractivity contribution in [3.63, 3.8) is 0 Å². The molecule has 0 aromatic carbocycles. The van der Waals surface area contributed by atoms with Crippen molar-refractivity contribution in [3.8, 4) is 0 Å². The van der Waals surface area contributed by atoms with Crippen LogP contribution in [0, 0.1) is 0 Å². The van der Waals surface area contributed by atoms with Gasteiger partial charge in [0, 0.05) is 18.1 Å². The minimum absolute atomic E-state index is 0.718. The largest absolute Gasteiger partial charge is 0.320 e. The van der Waals surface area contributed by atoms with E-state index in [0.29, 0.717) is 0 Å². The molecule has 0 spiro atoms. The second kappa shape index (κ2) is 8.35. The maximum Gasteiger partial charge on any atom is 0.0111 e. The third-order valence-electron chi connectivity index (χ3n) is 5.33. The molecular weight excluding hydrogens is 246 g/mol. The Morgan fingerprint density at radius 2 is 1.85 bits per heavy atom. The molecule has 2 rings (SSSR count). The molecule has 0 aliphatic carbocycles. The molecule has 20 heavy (non-hydrogen) atoms. The smallest absolute Gasteiger partial charge is 0.0111 e. The second-order valence-electron chi connectivity index (χ2n) is 6.99. The molecule has 2 aliphatic rings. The van der Waals surface area contributed by atoms with Crippen LogP contribution in [-0.2, 0) is 0 Å². The van der Waals surface area contributed by atoms with E-state index in [4.69, 9.17) is 0 Å². The van der Waals surface area contributed by atoms with Crippen molar-refractivity contribution in [1.29, 1.82) is 0 Å². The molecular formula is C17H35N3. The van der Waals surface area contributed by atoms with Crippen LogP contribution in [0.15, 0.2) is 0 Å². The van der Waals surface area contributed by atoms with Gasteiger partial charge in [-0.3, -0.25) is 4.90 Å². The molecule has 2 aliphatic heterocycles. The summed E-state index contributed by atoms with van der Waals surface area (Å²) in [5, 5.41) is 3.34. The molecule has 3 nitrogen and oxygen atoms in total. The van der Waals surface area contributed by atoms with Gasteiger partial charge in [-0.25, -0.2) is 0 Å². The normalized spacial score (nSPS) is 30.6. The van der Waals surface area contributed by atoms with E-state index in [2.05, 4.69) is 36.0 Å². The fourth-order valence-electron chi connectivity index (χ4n) is 4.07. The summed E-state index contributed by atoms with van der Waals surface area (Å²) in [5.74, 6) is 0. The first kappa shape index (κ1) is 16.3. The van der Waals surface area contributed by atoms with Crippen LogP contribution in [0.25, 0.3) is 0 Å². The van der Waals surface area contributed by atoms with E-state index in [1.807, 2.05) is 0 Å². The van der Waals surface area contributed by atoms with Gasteiger partial charge < -0.3 is 10.2 Å². The summed E-state index contributed by atoms with van der Waals surface area (Å²) in [4.78, 5) is 5.55. The Morgan fingerprint density at radius 1 is 1.00 bits per heavy atom. The Morgan fingerprint density at radius 3 is 2.60 bits per heavy atom. The Balaban J connectivity index is 1.90. The lowest BCUT2D eigenvalue weighted by molar-refractivity contribution is 0.0794. The van der Waals surface area contributed by atoms with Crippen LogP contribution in [0.3, 0.4) is 0 Å². The predicted octanol–water partition coefficient (Wildman–Crippen LogP) is 2.71. The van der Waals surface area contributed by atoms with Crippen molar-refractivity contribution in [2.75, 3.05) is 33.2 Å². The number of hydrogen-bond donors (Lipinski definition) is 1. The van der Waals surface area contributed by atoms with Crippen LogP contribution < -0.4 is 5.32 Å². The number of piperidine rings is 1. The van der Waals surface area contributed by atoms with Crippen LogP contribution in [0.1, 0.15) is 58.8 Å². The third-order valence-corrected chi connectivity index (χ3v) is 5.33. The van der Waals surface area contributed by atoms with Crippen molar-refractivity contribution < 1.29 is 0 Å². The average Bonchev–Trinajstić information content (AvgIpc) is 2.71. The molecule has 118 valence electrons. The van der Waals surface area contributed by atoms with E-state index in [0.717, 1.165) is 18.1 Å². The van der Waals surface area contributed by atoms with Crippen molar-refractivity contribution in [3.05, 3.63) is 0 Å². The molecule has 3 heteroatoms. The van der Waals surface area contributed by atoms with E-state index in [9.17, 15) is 0 Å². The van der Waals surface area contributed by atoms with Crippen molar-refractivity contribution in [1.82, 2.24) is 15.1 Å². The third kappa shape index (κ3) is 4.44. The van der Waals surface area contributed by atoms with Gasteiger partial charge in [0.1, 0.15) is 0 Å². The number of nitrogens with zero attached hydrogens (tertiary/aromatic N) is 2. The van der Waals surface area contributed by atoms with Crippen LogP contribution >= 0.6 is 0 Å². The highest BCUT2D eigenvalue weighted by atomic mass is 15.2. The van der Waals surface area contributed by atoms with Gasteiger partial charge in [0.25, 0.3) is 0 Å². The van der Waals surface area contributed by atoms with Crippen LogP contribution in [0.5, 0.6) is 0 Å². The van der Waals surface area contributed by atoms with Gasteiger partial charge in [0.15, 0.2) is 0 Å². The van der Waals surface area contributed by atoms with Gasteiger partial charge in [0.2, 0.25) is 0 Å². The van der Waals surface area contributed by atoms with Gasteiger partial charge in [-0.2, -0.15) is 0 Å². The van der Waals surface area contributed by atoms with E-state index < -0.39 is 0 Å². The quantitative estimate of drug-likeness (QED) is 0.836. The van der Waals surface area contributed by atoms with E-state index >= 15 is 0 Å². The molecule has 0 amide bonds. The molecule has 2 unspecified atom stereocenters. The first-order valence-corrected chi connectivity index (χ1v) is 8.86. The first-order chi connectivity index (χ1) is 9.72. The first-order valence-electron chi connectivity index (χ1n) is 8.86. The average molecular weight is 281 g/mol. The molecule has 0 aromatic rings. The zero-order valence-electron chi connectivity index (χ0n) is 13.9. The van der Waals surface area contributed by atoms with E-state index in [1.165, 1.54) is 71.1 Å². The number of rotatable bonds is 5. The second-order valence-corrected chi connectivity index (χ2v) is 6.99. The highest BCUT2D eigenvalue weighted by molar-refractivity contribution is 4.86. The Hall–Kier alpha value is -0.120. The Labute approximate surface area is 126 Å². The summed E-state index contributed by atoms with van der Waals surface area (Å²) < 4.78 is 0.